The minimum atomic E-state index is -1.38. The highest BCUT2D eigenvalue weighted by atomic mass is 32.1. The molecule has 212 valence electrons. The van der Waals surface area contributed by atoms with E-state index in [1.54, 1.807) is 53.7 Å². The molecule has 1 unspecified atom stereocenters. The molecule has 40 heavy (non-hydrogen) atoms. The van der Waals surface area contributed by atoms with Gasteiger partial charge in [0.1, 0.15) is 11.2 Å². The fourth-order valence-corrected chi connectivity index (χ4v) is 4.22. The largest absolute Gasteiger partial charge is 0.479 e. The van der Waals surface area contributed by atoms with Gasteiger partial charge in [-0.15, -0.1) is 11.3 Å². The van der Waals surface area contributed by atoms with Gasteiger partial charge in [0.25, 0.3) is 5.91 Å². The summed E-state index contributed by atoms with van der Waals surface area (Å²) >= 11 is 1.53. The summed E-state index contributed by atoms with van der Waals surface area (Å²) in [7, 11) is 0. The summed E-state index contributed by atoms with van der Waals surface area (Å²) < 4.78 is 10.5. The van der Waals surface area contributed by atoms with Gasteiger partial charge in [-0.25, -0.2) is 14.4 Å². The molecule has 3 rings (SSSR count). The number of ether oxygens (including phenoxy) is 2. The van der Waals surface area contributed by atoms with E-state index in [1.807, 2.05) is 23.6 Å². The molecule has 4 N–H and O–H groups in total. The third kappa shape index (κ3) is 8.84. The number of rotatable bonds is 7. The molecule has 0 saturated heterocycles. The molecule has 0 aliphatic heterocycles. The Kier molecular flexibility index (Phi) is 9.21. The zero-order valence-corrected chi connectivity index (χ0v) is 24.0. The van der Waals surface area contributed by atoms with Crippen LogP contribution in [0.5, 0.6) is 0 Å². The number of carbonyl (C=O) groups is 4. The molecular formula is C29H33N3O7S. The number of anilines is 2. The smallest absolute Gasteiger partial charge is 0.412 e. The molecule has 0 fully saturated rings. The van der Waals surface area contributed by atoms with Crippen LogP contribution in [0.3, 0.4) is 0 Å². The van der Waals surface area contributed by atoms with E-state index in [4.69, 9.17) is 9.47 Å². The van der Waals surface area contributed by atoms with Crippen molar-refractivity contribution in [3.8, 4) is 10.4 Å². The summed E-state index contributed by atoms with van der Waals surface area (Å²) in [6.07, 6.45) is -1.55. The molecule has 0 spiro atoms. The fraction of sp³-hybridized carbons (Fsp3) is 0.310. The van der Waals surface area contributed by atoms with Gasteiger partial charge in [0.2, 0.25) is 0 Å². The van der Waals surface area contributed by atoms with Gasteiger partial charge < -0.3 is 25.2 Å². The molecule has 10 nitrogen and oxygen atoms in total. The Morgan fingerprint density at radius 3 is 1.98 bits per heavy atom. The maximum Gasteiger partial charge on any atom is 0.412 e. The van der Waals surface area contributed by atoms with E-state index in [9.17, 15) is 24.3 Å². The summed E-state index contributed by atoms with van der Waals surface area (Å²) in [6, 6.07) is 13.5. The molecule has 0 saturated carbocycles. The first-order chi connectivity index (χ1) is 18.6. The van der Waals surface area contributed by atoms with Crippen molar-refractivity contribution in [3.63, 3.8) is 0 Å². The summed E-state index contributed by atoms with van der Waals surface area (Å²) in [5.41, 5.74) is 0.503. The molecule has 3 aromatic rings. The summed E-state index contributed by atoms with van der Waals surface area (Å²) in [4.78, 5) is 50.5. The Morgan fingerprint density at radius 2 is 1.43 bits per heavy atom. The van der Waals surface area contributed by atoms with Gasteiger partial charge in [-0.1, -0.05) is 24.3 Å². The van der Waals surface area contributed by atoms with Crippen LogP contribution in [0.15, 0.2) is 60.0 Å². The number of carboxylic acids is 1. The number of carbonyl (C=O) groups excluding carboxylic acids is 3. The number of alkyl carbamates (subject to hydrolysis) is 1. The average Bonchev–Trinajstić information content (AvgIpc) is 3.36. The highest BCUT2D eigenvalue weighted by molar-refractivity contribution is 7.13. The van der Waals surface area contributed by atoms with Gasteiger partial charge in [0.15, 0.2) is 6.04 Å². The van der Waals surface area contributed by atoms with Crippen molar-refractivity contribution in [3.05, 3.63) is 71.1 Å². The van der Waals surface area contributed by atoms with Gasteiger partial charge in [-0.05, 0) is 88.4 Å². The summed E-state index contributed by atoms with van der Waals surface area (Å²) in [5, 5.41) is 19.4. The van der Waals surface area contributed by atoms with Crippen LogP contribution in [0.4, 0.5) is 21.0 Å². The predicted molar refractivity (Wildman–Crippen MR) is 154 cm³/mol. The first-order valence-corrected chi connectivity index (χ1v) is 13.3. The number of thiophene rings is 1. The molecule has 0 bridgehead atoms. The number of nitrogens with one attached hydrogen (secondary N) is 3. The third-order valence-electron chi connectivity index (χ3n) is 5.12. The minimum Gasteiger partial charge on any atom is -0.479 e. The van der Waals surface area contributed by atoms with Crippen LogP contribution in [0.1, 0.15) is 63.5 Å². The van der Waals surface area contributed by atoms with Crippen LogP contribution in [0.25, 0.3) is 10.4 Å². The zero-order chi connectivity index (χ0) is 29.7. The second kappa shape index (κ2) is 12.2. The van der Waals surface area contributed by atoms with Gasteiger partial charge >= 0.3 is 18.2 Å². The molecule has 11 heteroatoms. The van der Waals surface area contributed by atoms with E-state index >= 15 is 0 Å². The van der Waals surface area contributed by atoms with Crippen molar-refractivity contribution >= 4 is 46.8 Å². The first-order valence-electron chi connectivity index (χ1n) is 12.4. The number of amides is 3. The maximum atomic E-state index is 13.2. The number of hydrogen-bond acceptors (Lipinski definition) is 7. The fourth-order valence-electron chi connectivity index (χ4n) is 3.50. The van der Waals surface area contributed by atoms with Crippen molar-refractivity contribution in [1.82, 2.24) is 5.32 Å². The maximum absolute atomic E-state index is 13.2. The number of hydrogen-bond donors (Lipinski definition) is 4. The Bertz CT molecular complexity index is 1370. The van der Waals surface area contributed by atoms with Crippen molar-refractivity contribution in [2.45, 2.75) is 58.8 Å². The average molecular weight is 568 g/mol. The van der Waals surface area contributed by atoms with Crippen molar-refractivity contribution in [2.75, 3.05) is 10.6 Å². The Hall–Kier alpha value is -4.38. The molecule has 1 atom stereocenters. The first kappa shape index (κ1) is 30.2. The lowest BCUT2D eigenvalue weighted by molar-refractivity contribution is -0.139. The normalized spacial score (nSPS) is 12.2. The van der Waals surface area contributed by atoms with Gasteiger partial charge in [0, 0.05) is 10.4 Å². The topological polar surface area (TPSA) is 143 Å². The standard InChI is InChI=1S/C29H33N3O7S/c1-28(2,3)38-26(36)31-20-14-13-19(22-8-7-15-40-22)16-21(20)30-24(33)18-11-9-17(10-12-18)23(25(34)35)32-27(37)39-29(4,5)6/h7-16,23H,1-6H3,(H,30,33)(H,31,36)(H,32,37)(H,34,35). The van der Waals surface area contributed by atoms with Crippen LogP contribution in [-0.2, 0) is 14.3 Å². The van der Waals surface area contributed by atoms with E-state index < -0.39 is 41.3 Å². The van der Waals surface area contributed by atoms with Crippen LogP contribution in [0, 0.1) is 0 Å². The summed E-state index contributed by atoms with van der Waals surface area (Å²) in [6.45, 7) is 10.2. The second-order valence-electron chi connectivity index (χ2n) is 10.9. The van der Waals surface area contributed by atoms with E-state index in [-0.39, 0.29) is 11.1 Å². The van der Waals surface area contributed by atoms with Crippen molar-refractivity contribution in [1.29, 1.82) is 0 Å². The van der Waals surface area contributed by atoms with E-state index in [2.05, 4.69) is 16.0 Å². The van der Waals surface area contributed by atoms with Gasteiger partial charge in [0.05, 0.1) is 11.4 Å². The van der Waals surface area contributed by atoms with Gasteiger partial charge in [-0.3, -0.25) is 10.1 Å². The van der Waals surface area contributed by atoms with E-state index in [0.717, 1.165) is 10.4 Å². The molecule has 0 aliphatic carbocycles. The van der Waals surface area contributed by atoms with Gasteiger partial charge in [-0.2, -0.15) is 0 Å². The SMILES string of the molecule is CC(C)(C)OC(=O)Nc1ccc(-c2cccs2)cc1NC(=O)c1ccc(C(NC(=O)OC(C)(C)C)C(=O)O)cc1. The molecule has 1 aromatic heterocycles. The second-order valence-corrected chi connectivity index (χ2v) is 11.8. The lowest BCUT2D eigenvalue weighted by Crippen LogP contribution is -2.38. The number of benzene rings is 2. The van der Waals surface area contributed by atoms with Crippen molar-refractivity contribution < 1.29 is 33.8 Å². The highest BCUT2D eigenvalue weighted by Gasteiger charge is 2.26. The summed E-state index contributed by atoms with van der Waals surface area (Å²) in [5.74, 6) is -1.78. The number of aliphatic carboxylic acids is 1. The predicted octanol–water partition coefficient (Wildman–Crippen LogP) is 6.66. The van der Waals surface area contributed by atoms with Crippen LogP contribution < -0.4 is 16.0 Å². The Morgan fingerprint density at radius 1 is 0.800 bits per heavy atom. The molecule has 2 aromatic carbocycles. The monoisotopic (exact) mass is 567 g/mol. The molecule has 3 amide bonds. The lowest BCUT2D eigenvalue weighted by Gasteiger charge is -2.22. The molecular weight excluding hydrogens is 534 g/mol. The Balaban J connectivity index is 1.82. The minimum absolute atomic E-state index is 0.231. The lowest BCUT2D eigenvalue weighted by atomic mass is 10.0. The zero-order valence-electron chi connectivity index (χ0n) is 23.2. The number of carboxylic acid groups (broad SMARTS) is 1. The quantitative estimate of drug-likeness (QED) is 0.250. The van der Waals surface area contributed by atoms with Crippen LogP contribution in [0.2, 0.25) is 0 Å². The van der Waals surface area contributed by atoms with Crippen molar-refractivity contribution in [2.24, 2.45) is 0 Å². The third-order valence-corrected chi connectivity index (χ3v) is 6.04. The molecule has 0 radical (unpaired) electrons. The molecule has 1 heterocycles. The van der Waals surface area contributed by atoms with Crippen LogP contribution in [-0.4, -0.2) is 40.4 Å². The Labute approximate surface area is 236 Å². The van der Waals surface area contributed by atoms with Crippen LogP contribution >= 0.6 is 11.3 Å². The highest BCUT2D eigenvalue weighted by Crippen LogP contribution is 2.32. The van der Waals surface area contributed by atoms with E-state index in [0.29, 0.717) is 11.4 Å². The molecule has 0 aliphatic rings. The van der Waals surface area contributed by atoms with E-state index in [1.165, 1.54) is 35.6 Å².